The largest absolute Gasteiger partial charge is 0.350 e. The van der Waals surface area contributed by atoms with Gasteiger partial charge in [0, 0.05) is 16.7 Å². The highest BCUT2D eigenvalue weighted by Gasteiger charge is 2.30. The van der Waals surface area contributed by atoms with E-state index in [-0.39, 0.29) is 24.4 Å². The Labute approximate surface area is 126 Å². The molecule has 0 radical (unpaired) electrons. The molecule has 20 heavy (non-hydrogen) atoms. The molecule has 2 N–H and O–H groups in total. The average molecular weight is 340 g/mol. The van der Waals surface area contributed by atoms with Crippen molar-refractivity contribution in [3.05, 3.63) is 28.2 Å². The minimum absolute atomic E-state index is 0.200. The van der Waals surface area contributed by atoms with Crippen LogP contribution in [0.15, 0.2) is 22.7 Å². The summed E-state index contributed by atoms with van der Waals surface area (Å²) >= 11 is 3.54. The molecule has 1 aromatic rings. The molecule has 2 amide bonds. The molecule has 0 bridgehead atoms. The van der Waals surface area contributed by atoms with Gasteiger partial charge in [0.05, 0.1) is 6.54 Å². The maximum atomic E-state index is 11.7. The number of hydrogen-bond acceptors (Lipinski definition) is 4. The number of halogens is 1. The molecule has 5 nitrogen and oxygen atoms in total. The van der Waals surface area contributed by atoms with E-state index in [1.165, 1.54) is 0 Å². The van der Waals surface area contributed by atoms with E-state index in [4.69, 9.17) is 0 Å². The second kappa shape index (κ2) is 6.37. The zero-order valence-corrected chi connectivity index (χ0v) is 13.2. The Morgan fingerprint density at radius 1 is 1.45 bits per heavy atom. The van der Waals surface area contributed by atoms with Gasteiger partial charge >= 0.3 is 0 Å². The molecule has 1 unspecified atom stereocenters. The first-order chi connectivity index (χ1) is 9.52. The average Bonchev–Trinajstić information content (AvgIpc) is 2.41. The summed E-state index contributed by atoms with van der Waals surface area (Å²) in [6.07, 6.45) is 0. The normalized spacial score (nSPS) is 19.1. The number of nitrogens with one attached hydrogen (secondary N) is 2. The number of hydrogen-bond donors (Lipinski definition) is 2. The van der Waals surface area contributed by atoms with Gasteiger partial charge in [-0.05, 0) is 31.2 Å². The van der Waals surface area contributed by atoms with Gasteiger partial charge < -0.3 is 10.2 Å². The van der Waals surface area contributed by atoms with Crippen molar-refractivity contribution in [3.8, 4) is 0 Å². The lowest BCUT2D eigenvalue weighted by molar-refractivity contribution is -0.132. The van der Waals surface area contributed by atoms with E-state index in [0.717, 1.165) is 28.8 Å². The van der Waals surface area contributed by atoms with Crippen LogP contribution in [0.5, 0.6) is 0 Å². The van der Waals surface area contributed by atoms with Crippen molar-refractivity contribution in [1.29, 1.82) is 0 Å². The minimum Gasteiger partial charge on any atom is -0.350 e. The monoisotopic (exact) mass is 339 g/mol. The second-order valence-electron chi connectivity index (χ2n) is 4.77. The van der Waals surface area contributed by atoms with Crippen LogP contribution in [-0.2, 0) is 16.1 Å². The van der Waals surface area contributed by atoms with E-state index >= 15 is 0 Å². The van der Waals surface area contributed by atoms with Crippen LogP contribution in [0.2, 0.25) is 0 Å². The highest BCUT2D eigenvalue weighted by molar-refractivity contribution is 9.10. The van der Waals surface area contributed by atoms with Crippen LogP contribution < -0.4 is 15.5 Å². The second-order valence-corrected chi connectivity index (χ2v) is 5.63. The highest BCUT2D eigenvalue weighted by Crippen LogP contribution is 2.26. The summed E-state index contributed by atoms with van der Waals surface area (Å²) in [5.41, 5.74) is 2.02. The van der Waals surface area contributed by atoms with Crippen molar-refractivity contribution >= 4 is 33.4 Å². The fourth-order valence-electron chi connectivity index (χ4n) is 2.15. The van der Waals surface area contributed by atoms with Gasteiger partial charge in [0.2, 0.25) is 11.8 Å². The number of benzene rings is 1. The maximum Gasteiger partial charge on any atom is 0.249 e. The molecule has 0 aliphatic carbocycles. The van der Waals surface area contributed by atoms with Crippen LogP contribution in [0.1, 0.15) is 19.4 Å². The van der Waals surface area contributed by atoms with Crippen LogP contribution >= 0.6 is 15.9 Å². The Hall–Kier alpha value is -1.40. The number of carbonyl (C=O) groups excluding carboxylic acids is 2. The van der Waals surface area contributed by atoms with Gasteiger partial charge in [-0.15, -0.1) is 0 Å². The first-order valence-electron chi connectivity index (χ1n) is 6.62. The number of rotatable bonds is 4. The zero-order valence-electron chi connectivity index (χ0n) is 11.6. The van der Waals surface area contributed by atoms with Crippen LogP contribution in [0.4, 0.5) is 5.69 Å². The number of amides is 2. The molecule has 1 aliphatic rings. The Morgan fingerprint density at radius 3 is 2.85 bits per heavy atom. The minimum atomic E-state index is -0.348. The standard InChI is InChI=1S/C14H18BrN3O2/c1-3-16-7-10-4-5-11(6-12(10)15)18-8-13(19)17-14(20)9(18)2/h4-6,9,16H,3,7-8H2,1-2H3,(H,17,19,20). The van der Waals surface area contributed by atoms with E-state index in [1.807, 2.05) is 23.1 Å². The molecule has 1 aliphatic heterocycles. The summed E-state index contributed by atoms with van der Waals surface area (Å²) in [4.78, 5) is 25.0. The van der Waals surface area contributed by atoms with Crippen LogP contribution in [-0.4, -0.2) is 30.9 Å². The Kier molecular flexibility index (Phi) is 4.77. The van der Waals surface area contributed by atoms with E-state index in [2.05, 4.69) is 33.5 Å². The first kappa shape index (κ1) is 15.0. The van der Waals surface area contributed by atoms with Crippen molar-refractivity contribution in [1.82, 2.24) is 10.6 Å². The molecule has 1 atom stereocenters. The van der Waals surface area contributed by atoms with Crippen molar-refractivity contribution in [2.75, 3.05) is 18.0 Å². The quantitative estimate of drug-likeness (QED) is 0.814. The van der Waals surface area contributed by atoms with Crippen LogP contribution in [0.3, 0.4) is 0 Å². The lowest BCUT2D eigenvalue weighted by Crippen LogP contribution is -2.57. The molecule has 0 saturated carbocycles. The predicted molar refractivity (Wildman–Crippen MR) is 81.5 cm³/mol. The topological polar surface area (TPSA) is 61.4 Å². The third-order valence-electron chi connectivity index (χ3n) is 3.36. The van der Waals surface area contributed by atoms with Gasteiger partial charge in [0.1, 0.15) is 6.04 Å². The SMILES string of the molecule is CCNCc1ccc(N2CC(=O)NC(=O)C2C)cc1Br. The highest BCUT2D eigenvalue weighted by atomic mass is 79.9. The number of nitrogens with zero attached hydrogens (tertiary/aromatic N) is 1. The summed E-state index contributed by atoms with van der Waals surface area (Å²) < 4.78 is 0.974. The third kappa shape index (κ3) is 3.19. The Morgan fingerprint density at radius 2 is 2.20 bits per heavy atom. The van der Waals surface area contributed by atoms with E-state index in [1.54, 1.807) is 6.92 Å². The summed E-state index contributed by atoms with van der Waals surface area (Å²) in [5.74, 6) is -0.518. The molecule has 1 fully saturated rings. The smallest absolute Gasteiger partial charge is 0.249 e. The molecule has 2 rings (SSSR count). The number of anilines is 1. The van der Waals surface area contributed by atoms with Gasteiger partial charge in [-0.25, -0.2) is 0 Å². The van der Waals surface area contributed by atoms with Crippen molar-refractivity contribution in [2.24, 2.45) is 0 Å². The summed E-state index contributed by atoms with van der Waals surface area (Å²) in [6.45, 7) is 5.74. The molecule has 108 valence electrons. The molecule has 1 saturated heterocycles. The fraction of sp³-hybridized carbons (Fsp3) is 0.429. The molecule has 0 spiro atoms. The van der Waals surface area contributed by atoms with Crippen molar-refractivity contribution in [3.63, 3.8) is 0 Å². The Balaban J connectivity index is 2.22. The molecule has 1 heterocycles. The lowest BCUT2D eigenvalue weighted by atomic mass is 10.1. The van der Waals surface area contributed by atoms with Gasteiger partial charge in [-0.3, -0.25) is 14.9 Å². The molecule has 0 aromatic heterocycles. The van der Waals surface area contributed by atoms with E-state index in [9.17, 15) is 9.59 Å². The Bertz CT molecular complexity index is 533. The van der Waals surface area contributed by atoms with Gasteiger partial charge in [0.15, 0.2) is 0 Å². The zero-order chi connectivity index (χ0) is 14.7. The number of carbonyl (C=O) groups is 2. The lowest BCUT2D eigenvalue weighted by Gasteiger charge is -2.33. The first-order valence-corrected chi connectivity index (χ1v) is 7.41. The number of imide groups is 1. The maximum absolute atomic E-state index is 11.7. The van der Waals surface area contributed by atoms with Gasteiger partial charge in [-0.1, -0.05) is 28.9 Å². The predicted octanol–water partition coefficient (Wildman–Crippen LogP) is 1.41. The molecular formula is C14H18BrN3O2. The molecule has 6 heteroatoms. The molecular weight excluding hydrogens is 322 g/mol. The van der Waals surface area contributed by atoms with E-state index in [0.29, 0.717) is 0 Å². The van der Waals surface area contributed by atoms with Gasteiger partial charge in [-0.2, -0.15) is 0 Å². The number of piperazine rings is 1. The van der Waals surface area contributed by atoms with Crippen LogP contribution in [0.25, 0.3) is 0 Å². The fourth-order valence-corrected chi connectivity index (χ4v) is 2.65. The van der Waals surface area contributed by atoms with Crippen LogP contribution in [0, 0.1) is 0 Å². The van der Waals surface area contributed by atoms with Crippen molar-refractivity contribution in [2.45, 2.75) is 26.4 Å². The third-order valence-corrected chi connectivity index (χ3v) is 4.10. The summed E-state index contributed by atoms with van der Waals surface area (Å²) in [6, 6.07) is 5.56. The summed E-state index contributed by atoms with van der Waals surface area (Å²) in [5, 5.41) is 5.61. The van der Waals surface area contributed by atoms with Crippen molar-refractivity contribution < 1.29 is 9.59 Å². The van der Waals surface area contributed by atoms with Gasteiger partial charge in [0.25, 0.3) is 0 Å². The molecule has 1 aromatic carbocycles. The summed E-state index contributed by atoms with van der Waals surface area (Å²) in [7, 11) is 0. The van der Waals surface area contributed by atoms with E-state index < -0.39 is 0 Å².